The first-order chi connectivity index (χ1) is 9.34. The molecule has 0 N–H and O–H groups in total. The van der Waals surface area contributed by atoms with Gasteiger partial charge in [-0.05, 0) is 6.92 Å². The minimum Gasteiger partial charge on any atom is -0.382 e. The van der Waals surface area contributed by atoms with Gasteiger partial charge in [0, 0.05) is 7.11 Å². The average molecular weight is 273 g/mol. The van der Waals surface area contributed by atoms with Crippen molar-refractivity contribution in [2.75, 3.05) is 53.4 Å². The molecule has 0 aliphatic rings. The highest BCUT2D eigenvalue weighted by molar-refractivity contribution is 4.88. The number of aryl methyl sites for hydroxylation is 1. The Hall–Kier alpha value is -1.02. The van der Waals surface area contributed by atoms with Crippen LogP contribution in [-0.4, -0.2) is 68.4 Å². The number of methoxy groups -OCH3 is 1. The summed E-state index contributed by atoms with van der Waals surface area (Å²) in [6, 6.07) is 0. The van der Waals surface area contributed by atoms with Gasteiger partial charge < -0.3 is 18.9 Å². The zero-order valence-corrected chi connectivity index (χ0v) is 11.7. The standard InChI is InChI=1S/C12H23N3O4/c1-12-11-13-14-15(12)3-4-17-7-8-19-10-9-18-6-5-16-2/h11H,3-10H2,1-2H3. The maximum atomic E-state index is 5.43. The minimum atomic E-state index is 0.573. The highest BCUT2D eigenvalue weighted by atomic mass is 16.6. The molecule has 1 rings (SSSR count). The molecule has 0 fully saturated rings. The van der Waals surface area contributed by atoms with Gasteiger partial charge in [-0.2, -0.15) is 0 Å². The van der Waals surface area contributed by atoms with Crippen molar-refractivity contribution in [3.8, 4) is 0 Å². The highest BCUT2D eigenvalue weighted by Crippen LogP contribution is 1.92. The summed E-state index contributed by atoms with van der Waals surface area (Å²) < 4.78 is 22.7. The molecular formula is C12H23N3O4. The van der Waals surface area contributed by atoms with E-state index in [-0.39, 0.29) is 0 Å². The smallest absolute Gasteiger partial charge is 0.0722 e. The molecule has 1 heterocycles. The third-order valence-corrected chi connectivity index (χ3v) is 2.43. The maximum absolute atomic E-state index is 5.43. The molecule has 1 aromatic rings. The van der Waals surface area contributed by atoms with Crippen LogP contribution >= 0.6 is 0 Å². The van der Waals surface area contributed by atoms with E-state index in [0.717, 1.165) is 5.69 Å². The van der Waals surface area contributed by atoms with Crippen molar-refractivity contribution in [1.29, 1.82) is 0 Å². The molecular weight excluding hydrogens is 250 g/mol. The summed E-state index contributed by atoms with van der Waals surface area (Å²) in [4.78, 5) is 0. The van der Waals surface area contributed by atoms with E-state index >= 15 is 0 Å². The Morgan fingerprint density at radius 1 is 0.947 bits per heavy atom. The topological polar surface area (TPSA) is 67.6 Å². The molecule has 0 saturated heterocycles. The summed E-state index contributed by atoms with van der Waals surface area (Å²) in [6.45, 7) is 6.82. The lowest BCUT2D eigenvalue weighted by molar-refractivity contribution is 0.00240. The summed E-state index contributed by atoms with van der Waals surface area (Å²) in [5, 5.41) is 7.73. The molecule has 0 aliphatic carbocycles. The lowest BCUT2D eigenvalue weighted by Gasteiger charge is -2.07. The molecule has 110 valence electrons. The van der Waals surface area contributed by atoms with Gasteiger partial charge in [-0.3, -0.25) is 0 Å². The average Bonchev–Trinajstić information content (AvgIpc) is 2.82. The molecule has 0 unspecified atom stereocenters. The Morgan fingerprint density at radius 3 is 2.05 bits per heavy atom. The minimum absolute atomic E-state index is 0.573. The molecule has 7 nitrogen and oxygen atoms in total. The fourth-order valence-electron chi connectivity index (χ4n) is 1.37. The predicted octanol–water partition coefficient (Wildman–Crippen LogP) is 0.283. The van der Waals surface area contributed by atoms with E-state index in [2.05, 4.69) is 10.3 Å². The Morgan fingerprint density at radius 2 is 1.53 bits per heavy atom. The van der Waals surface area contributed by atoms with Gasteiger partial charge in [-0.15, -0.1) is 5.10 Å². The van der Waals surface area contributed by atoms with E-state index in [9.17, 15) is 0 Å². The monoisotopic (exact) mass is 273 g/mol. The number of rotatable bonds is 12. The van der Waals surface area contributed by atoms with Crippen molar-refractivity contribution in [1.82, 2.24) is 15.0 Å². The SMILES string of the molecule is COCCOCCOCCOCCn1nncc1C. The lowest BCUT2D eigenvalue weighted by Crippen LogP contribution is -2.14. The van der Waals surface area contributed by atoms with Crippen LogP contribution in [-0.2, 0) is 25.5 Å². The van der Waals surface area contributed by atoms with Gasteiger partial charge in [0.15, 0.2) is 0 Å². The van der Waals surface area contributed by atoms with Crippen LogP contribution in [0.3, 0.4) is 0 Å². The number of ether oxygens (including phenoxy) is 4. The van der Waals surface area contributed by atoms with Crippen molar-refractivity contribution in [2.24, 2.45) is 0 Å². The molecule has 0 radical (unpaired) electrons. The molecule has 0 spiro atoms. The van der Waals surface area contributed by atoms with E-state index in [1.54, 1.807) is 13.3 Å². The zero-order valence-electron chi connectivity index (χ0n) is 11.7. The molecule has 0 aromatic carbocycles. The van der Waals surface area contributed by atoms with Crippen LogP contribution in [0.5, 0.6) is 0 Å². The number of nitrogens with zero attached hydrogens (tertiary/aromatic N) is 3. The highest BCUT2D eigenvalue weighted by Gasteiger charge is 1.97. The van der Waals surface area contributed by atoms with Crippen molar-refractivity contribution in [2.45, 2.75) is 13.5 Å². The zero-order chi connectivity index (χ0) is 13.8. The lowest BCUT2D eigenvalue weighted by atomic mass is 10.5. The normalized spacial score (nSPS) is 11.1. The summed E-state index contributed by atoms with van der Waals surface area (Å²) in [5.41, 5.74) is 1.04. The van der Waals surface area contributed by atoms with Crippen LogP contribution in [0.15, 0.2) is 6.20 Å². The Bertz CT molecular complexity index is 320. The van der Waals surface area contributed by atoms with E-state index in [1.807, 2.05) is 11.6 Å². The largest absolute Gasteiger partial charge is 0.382 e. The second-order valence-corrected chi connectivity index (χ2v) is 3.93. The van der Waals surface area contributed by atoms with Gasteiger partial charge in [-0.25, -0.2) is 4.68 Å². The number of hydrogen-bond acceptors (Lipinski definition) is 6. The van der Waals surface area contributed by atoms with Crippen molar-refractivity contribution in [3.63, 3.8) is 0 Å². The Balaban J connectivity index is 1.80. The summed E-state index contributed by atoms with van der Waals surface area (Å²) >= 11 is 0. The second kappa shape index (κ2) is 10.9. The van der Waals surface area contributed by atoms with E-state index < -0.39 is 0 Å². The molecule has 0 aliphatic heterocycles. The van der Waals surface area contributed by atoms with Crippen LogP contribution in [0.2, 0.25) is 0 Å². The maximum Gasteiger partial charge on any atom is 0.0722 e. The number of aromatic nitrogens is 3. The molecule has 1 aromatic heterocycles. The molecule has 0 atom stereocenters. The number of hydrogen-bond donors (Lipinski definition) is 0. The van der Waals surface area contributed by atoms with Gasteiger partial charge in [0.1, 0.15) is 0 Å². The van der Waals surface area contributed by atoms with E-state index in [0.29, 0.717) is 52.8 Å². The third kappa shape index (κ3) is 7.89. The Labute approximate surface area is 113 Å². The van der Waals surface area contributed by atoms with Crippen LogP contribution in [0, 0.1) is 6.92 Å². The first-order valence-electron chi connectivity index (χ1n) is 6.42. The first kappa shape index (κ1) is 16.0. The van der Waals surface area contributed by atoms with E-state index in [4.69, 9.17) is 18.9 Å². The first-order valence-corrected chi connectivity index (χ1v) is 6.42. The van der Waals surface area contributed by atoms with Gasteiger partial charge >= 0.3 is 0 Å². The van der Waals surface area contributed by atoms with Gasteiger partial charge in [0.05, 0.1) is 64.7 Å². The third-order valence-electron chi connectivity index (χ3n) is 2.43. The molecule has 7 heteroatoms. The molecule has 19 heavy (non-hydrogen) atoms. The fraction of sp³-hybridized carbons (Fsp3) is 0.833. The second-order valence-electron chi connectivity index (χ2n) is 3.93. The predicted molar refractivity (Wildman–Crippen MR) is 69.1 cm³/mol. The van der Waals surface area contributed by atoms with Crippen molar-refractivity contribution < 1.29 is 18.9 Å². The van der Waals surface area contributed by atoms with Crippen LogP contribution < -0.4 is 0 Å². The quantitative estimate of drug-likeness (QED) is 0.510. The molecule has 0 bridgehead atoms. The van der Waals surface area contributed by atoms with Gasteiger partial charge in [-0.1, -0.05) is 5.21 Å². The van der Waals surface area contributed by atoms with Crippen molar-refractivity contribution in [3.05, 3.63) is 11.9 Å². The van der Waals surface area contributed by atoms with Gasteiger partial charge in [0.25, 0.3) is 0 Å². The van der Waals surface area contributed by atoms with Crippen LogP contribution in [0.4, 0.5) is 0 Å². The van der Waals surface area contributed by atoms with Crippen LogP contribution in [0.25, 0.3) is 0 Å². The molecule has 0 saturated carbocycles. The Kier molecular flexibility index (Phi) is 9.17. The summed E-state index contributed by atoms with van der Waals surface area (Å²) in [6.07, 6.45) is 1.73. The van der Waals surface area contributed by atoms with Crippen LogP contribution in [0.1, 0.15) is 5.69 Å². The van der Waals surface area contributed by atoms with Gasteiger partial charge in [0.2, 0.25) is 0 Å². The van der Waals surface area contributed by atoms with E-state index in [1.165, 1.54) is 0 Å². The fourth-order valence-corrected chi connectivity index (χ4v) is 1.37. The molecule has 0 amide bonds. The summed E-state index contributed by atoms with van der Waals surface area (Å²) in [7, 11) is 1.65. The summed E-state index contributed by atoms with van der Waals surface area (Å²) in [5.74, 6) is 0. The van der Waals surface area contributed by atoms with Crippen molar-refractivity contribution >= 4 is 0 Å².